The second kappa shape index (κ2) is 3.87. The molecular formula is C11H8ClNO2. The molecule has 0 saturated heterocycles. The minimum absolute atomic E-state index is 0.437. The normalized spacial score (nSPS) is 10.3. The highest BCUT2D eigenvalue weighted by Gasteiger charge is 2.08. The number of aromatic nitrogens is 1. The van der Waals surface area contributed by atoms with Gasteiger partial charge in [-0.3, -0.25) is 9.78 Å². The van der Waals surface area contributed by atoms with Gasteiger partial charge in [-0.2, -0.15) is 0 Å². The van der Waals surface area contributed by atoms with Crippen LogP contribution in [0.5, 0.6) is 5.75 Å². The largest absolute Gasteiger partial charge is 0.495 e. The maximum atomic E-state index is 10.8. The Kier molecular flexibility index (Phi) is 2.56. The molecule has 15 heavy (non-hydrogen) atoms. The first-order chi connectivity index (χ1) is 7.26. The number of carbonyl (C=O) groups is 1. The number of rotatable bonds is 2. The number of benzene rings is 1. The number of ether oxygens (including phenoxy) is 1. The molecule has 0 radical (unpaired) electrons. The first-order valence-corrected chi connectivity index (χ1v) is 4.71. The smallest absolute Gasteiger partial charge is 0.155 e. The highest BCUT2D eigenvalue weighted by molar-refractivity contribution is 6.31. The molecule has 76 valence electrons. The number of methoxy groups -OCH3 is 1. The summed E-state index contributed by atoms with van der Waals surface area (Å²) in [6.07, 6.45) is 2.20. The molecular weight excluding hydrogens is 214 g/mol. The Morgan fingerprint density at radius 1 is 1.47 bits per heavy atom. The van der Waals surface area contributed by atoms with Gasteiger partial charge in [0.1, 0.15) is 5.75 Å². The fourth-order valence-electron chi connectivity index (χ4n) is 1.47. The van der Waals surface area contributed by atoms with Crippen molar-refractivity contribution in [3.8, 4) is 5.75 Å². The van der Waals surface area contributed by atoms with Crippen molar-refractivity contribution in [2.24, 2.45) is 0 Å². The molecule has 1 aromatic heterocycles. The van der Waals surface area contributed by atoms with E-state index < -0.39 is 0 Å². The number of pyridine rings is 1. The first-order valence-electron chi connectivity index (χ1n) is 4.33. The van der Waals surface area contributed by atoms with E-state index >= 15 is 0 Å². The van der Waals surface area contributed by atoms with Crippen LogP contribution in [0.3, 0.4) is 0 Å². The zero-order valence-corrected chi connectivity index (χ0v) is 8.78. The average Bonchev–Trinajstić information content (AvgIpc) is 2.27. The van der Waals surface area contributed by atoms with Crippen LogP contribution < -0.4 is 4.74 Å². The summed E-state index contributed by atoms with van der Waals surface area (Å²) in [7, 11) is 1.52. The van der Waals surface area contributed by atoms with Crippen molar-refractivity contribution in [3.05, 3.63) is 35.0 Å². The molecule has 2 rings (SSSR count). The molecule has 4 heteroatoms. The number of hydrogen-bond acceptors (Lipinski definition) is 3. The van der Waals surface area contributed by atoms with Gasteiger partial charge in [0.2, 0.25) is 0 Å². The monoisotopic (exact) mass is 221 g/mol. The van der Waals surface area contributed by atoms with Gasteiger partial charge in [-0.1, -0.05) is 11.6 Å². The van der Waals surface area contributed by atoms with Gasteiger partial charge < -0.3 is 4.74 Å². The molecule has 0 saturated carbocycles. The van der Waals surface area contributed by atoms with Crippen molar-refractivity contribution in [1.29, 1.82) is 0 Å². The van der Waals surface area contributed by atoms with E-state index in [0.29, 0.717) is 21.9 Å². The standard InChI is InChI=1S/C11H8ClNO2/c1-15-11-7(6-14)5-13-10-4-8(12)2-3-9(10)11/h2-6H,1H3. The molecule has 0 aliphatic carbocycles. The van der Waals surface area contributed by atoms with E-state index in [-0.39, 0.29) is 0 Å². The Balaban J connectivity index is 2.82. The summed E-state index contributed by atoms with van der Waals surface area (Å²) in [5, 5.41) is 1.39. The molecule has 0 spiro atoms. The average molecular weight is 222 g/mol. The van der Waals surface area contributed by atoms with Crippen molar-refractivity contribution in [3.63, 3.8) is 0 Å². The number of carbonyl (C=O) groups excluding carboxylic acids is 1. The number of halogens is 1. The van der Waals surface area contributed by atoms with E-state index in [1.165, 1.54) is 13.3 Å². The van der Waals surface area contributed by atoms with Gasteiger partial charge in [0.05, 0.1) is 18.2 Å². The fourth-order valence-corrected chi connectivity index (χ4v) is 1.63. The van der Waals surface area contributed by atoms with Crippen molar-refractivity contribution < 1.29 is 9.53 Å². The zero-order chi connectivity index (χ0) is 10.8. The molecule has 0 N–H and O–H groups in total. The van der Waals surface area contributed by atoms with Crippen molar-refractivity contribution >= 4 is 28.8 Å². The lowest BCUT2D eigenvalue weighted by atomic mass is 10.1. The Hall–Kier alpha value is -1.61. The van der Waals surface area contributed by atoms with Crippen LogP contribution in [0.25, 0.3) is 10.9 Å². The number of hydrogen-bond donors (Lipinski definition) is 0. The predicted molar refractivity (Wildman–Crippen MR) is 58.7 cm³/mol. The highest BCUT2D eigenvalue weighted by atomic mass is 35.5. The maximum absolute atomic E-state index is 10.8. The molecule has 1 heterocycles. The summed E-state index contributed by atoms with van der Waals surface area (Å²) in [5.74, 6) is 0.534. The van der Waals surface area contributed by atoms with Gasteiger partial charge in [-0.05, 0) is 18.2 Å². The molecule has 0 atom stereocenters. The van der Waals surface area contributed by atoms with Gasteiger partial charge in [-0.25, -0.2) is 0 Å². The third kappa shape index (κ3) is 1.66. The molecule has 0 fully saturated rings. The number of nitrogens with zero attached hydrogens (tertiary/aromatic N) is 1. The predicted octanol–water partition coefficient (Wildman–Crippen LogP) is 2.71. The Labute approximate surface area is 91.6 Å². The third-order valence-corrected chi connectivity index (χ3v) is 2.38. The van der Waals surface area contributed by atoms with E-state index in [9.17, 15) is 4.79 Å². The molecule has 0 amide bonds. The van der Waals surface area contributed by atoms with Crippen LogP contribution in [0.2, 0.25) is 5.02 Å². The van der Waals surface area contributed by atoms with Crippen molar-refractivity contribution in [1.82, 2.24) is 4.98 Å². The summed E-state index contributed by atoms with van der Waals surface area (Å²) in [4.78, 5) is 14.9. The Bertz CT molecular complexity index is 525. The Morgan fingerprint density at radius 3 is 2.93 bits per heavy atom. The topological polar surface area (TPSA) is 39.2 Å². The summed E-state index contributed by atoms with van der Waals surface area (Å²) in [6.45, 7) is 0. The van der Waals surface area contributed by atoms with Crippen LogP contribution in [-0.4, -0.2) is 18.4 Å². The van der Waals surface area contributed by atoms with E-state index in [0.717, 1.165) is 11.7 Å². The molecule has 1 aromatic carbocycles. The van der Waals surface area contributed by atoms with Crippen LogP contribution in [0.15, 0.2) is 24.4 Å². The summed E-state index contributed by atoms with van der Waals surface area (Å²) in [5.41, 5.74) is 1.15. The van der Waals surface area contributed by atoms with E-state index in [2.05, 4.69) is 4.98 Å². The van der Waals surface area contributed by atoms with Gasteiger partial charge in [0.15, 0.2) is 6.29 Å². The van der Waals surface area contributed by atoms with Crippen LogP contribution in [0, 0.1) is 0 Å². The minimum Gasteiger partial charge on any atom is -0.495 e. The summed E-state index contributed by atoms with van der Waals surface area (Å²) >= 11 is 5.84. The molecule has 2 aromatic rings. The van der Waals surface area contributed by atoms with Gasteiger partial charge in [-0.15, -0.1) is 0 Å². The molecule has 0 aliphatic heterocycles. The molecule has 3 nitrogen and oxygen atoms in total. The second-order valence-electron chi connectivity index (χ2n) is 3.03. The van der Waals surface area contributed by atoms with Crippen LogP contribution in [-0.2, 0) is 0 Å². The van der Waals surface area contributed by atoms with E-state index in [1.54, 1.807) is 18.2 Å². The fraction of sp³-hybridized carbons (Fsp3) is 0.0909. The van der Waals surface area contributed by atoms with Crippen molar-refractivity contribution in [2.75, 3.05) is 7.11 Å². The van der Waals surface area contributed by atoms with Crippen LogP contribution in [0.4, 0.5) is 0 Å². The van der Waals surface area contributed by atoms with Gasteiger partial charge in [0.25, 0.3) is 0 Å². The lowest BCUT2D eigenvalue weighted by Gasteiger charge is -2.07. The highest BCUT2D eigenvalue weighted by Crippen LogP contribution is 2.28. The van der Waals surface area contributed by atoms with Crippen molar-refractivity contribution in [2.45, 2.75) is 0 Å². The lowest BCUT2D eigenvalue weighted by molar-refractivity contribution is 0.112. The quantitative estimate of drug-likeness (QED) is 0.732. The number of aldehydes is 1. The summed E-state index contributed by atoms with van der Waals surface area (Å²) < 4.78 is 5.18. The summed E-state index contributed by atoms with van der Waals surface area (Å²) in [6, 6.07) is 5.26. The zero-order valence-electron chi connectivity index (χ0n) is 8.03. The first kappa shape index (κ1) is 9.93. The van der Waals surface area contributed by atoms with Gasteiger partial charge in [0, 0.05) is 16.6 Å². The Morgan fingerprint density at radius 2 is 2.27 bits per heavy atom. The van der Waals surface area contributed by atoms with E-state index in [4.69, 9.17) is 16.3 Å². The van der Waals surface area contributed by atoms with Crippen LogP contribution in [0.1, 0.15) is 10.4 Å². The number of fused-ring (bicyclic) bond motifs is 1. The molecule has 0 unspecified atom stereocenters. The molecule has 0 aliphatic rings. The third-order valence-electron chi connectivity index (χ3n) is 2.14. The molecule has 0 bridgehead atoms. The maximum Gasteiger partial charge on any atom is 0.155 e. The van der Waals surface area contributed by atoms with E-state index in [1.807, 2.05) is 0 Å². The van der Waals surface area contributed by atoms with Crippen LogP contribution >= 0.6 is 11.6 Å². The SMILES string of the molecule is COc1c(C=O)cnc2cc(Cl)ccc12. The minimum atomic E-state index is 0.437. The lowest BCUT2D eigenvalue weighted by Crippen LogP contribution is -1.93. The second-order valence-corrected chi connectivity index (χ2v) is 3.46. The van der Waals surface area contributed by atoms with Gasteiger partial charge >= 0.3 is 0 Å².